The second kappa shape index (κ2) is 5.30. The van der Waals surface area contributed by atoms with Crippen LogP contribution in [0.15, 0.2) is 36.5 Å². The minimum atomic E-state index is -1.01. The number of anilines is 1. The first-order chi connectivity index (χ1) is 11.6. The highest BCUT2D eigenvalue weighted by molar-refractivity contribution is 6.00. The summed E-state index contributed by atoms with van der Waals surface area (Å²) in [5, 5.41) is 10.5. The minimum Gasteiger partial charge on any atom is -0.474 e. The molecule has 24 heavy (non-hydrogen) atoms. The van der Waals surface area contributed by atoms with E-state index in [0.717, 1.165) is 11.1 Å². The van der Waals surface area contributed by atoms with Gasteiger partial charge in [0.1, 0.15) is 0 Å². The molecule has 1 saturated carbocycles. The molecule has 6 nitrogen and oxygen atoms in total. The molecule has 0 bridgehead atoms. The molecule has 4 rings (SSSR count). The lowest BCUT2D eigenvalue weighted by molar-refractivity contribution is -0.124. The maximum Gasteiger partial charge on any atom is 0.268 e. The summed E-state index contributed by atoms with van der Waals surface area (Å²) in [7, 11) is 0. The lowest BCUT2D eigenvalue weighted by Crippen LogP contribution is -2.35. The van der Waals surface area contributed by atoms with E-state index in [-0.39, 0.29) is 11.7 Å². The topological polar surface area (TPSA) is 79.9 Å². The molecular weight excluding hydrogens is 311 g/mol. The molecule has 2 heterocycles. The van der Waals surface area contributed by atoms with Gasteiger partial charge in [-0.1, -0.05) is 12.1 Å². The molecule has 1 aliphatic rings. The molecule has 1 aromatic carbocycles. The van der Waals surface area contributed by atoms with Gasteiger partial charge >= 0.3 is 0 Å². The number of amides is 1. The van der Waals surface area contributed by atoms with Gasteiger partial charge in [0.2, 0.25) is 0 Å². The standard InChI is InChI=1S/C17H15FN4O2/c1-10-12-8-11(9-19-15(12)22-21-10)20-16(23)17(6-7-17)24-14-5-3-2-4-13(14)18/h2-5,8-9H,6-7H2,1H3,(H,20,23)(H,19,21,22). The molecule has 1 amide bonds. The number of hydrogen-bond donors (Lipinski definition) is 2. The van der Waals surface area contributed by atoms with Crippen molar-refractivity contribution in [1.29, 1.82) is 0 Å². The number of nitrogens with zero attached hydrogens (tertiary/aromatic N) is 2. The van der Waals surface area contributed by atoms with E-state index in [1.54, 1.807) is 24.4 Å². The van der Waals surface area contributed by atoms with Gasteiger partial charge in [0, 0.05) is 23.9 Å². The maximum absolute atomic E-state index is 13.7. The number of halogens is 1. The average molecular weight is 326 g/mol. The fourth-order valence-corrected chi connectivity index (χ4v) is 2.56. The first-order valence-electron chi connectivity index (χ1n) is 7.63. The van der Waals surface area contributed by atoms with Gasteiger partial charge in [0.15, 0.2) is 22.8 Å². The molecule has 2 N–H and O–H groups in total. The molecule has 1 aliphatic carbocycles. The van der Waals surface area contributed by atoms with Crippen LogP contribution in [0.5, 0.6) is 5.75 Å². The van der Waals surface area contributed by atoms with Crippen LogP contribution in [-0.2, 0) is 4.79 Å². The Hall–Kier alpha value is -2.96. The molecule has 1 fully saturated rings. The third-order valence-corrected chi connectivity index (χ3v) is 4.12. The van der Waals surface area contributed by atoms with E-state index in [1.165, 1.54) is 12.1 Å². The second-order valence-corrected chi connectivity index (χ2v) is 5.92. The zero-order valence-corrected chi connectivity index (χ0v) is 13.0. The summed E-state index contributed by atoms with van der Waals surface area (Å²) in [6, 6.07) is 7.88. The summed E-state index contributed by atoms with van der Waals surface area (Å²) < 4.78 is 19.4. The van der Waals surface area contributed by atoms with Crippen molar-refractivity contribution in [3.05, 3.63) is 48.0 Å². The predicted molar refractivity (Wildman–Crippen MR) is 86.2 cm³/mol. The molecule has 3 aromatic rings. The summed E-state index contributed by atoms with van der Waals surface area (Å²) >= 11 is 0. The summed E-state index contributed by atoms with van der Waals surface area (Å²) in [5.74, 6) is -0.689. The van der Waals surface area contributed by atoms with Crippen molar-refractivity contribution >= 4 is 22.6 Å². The fourth-order valence-electron chi connectivity index (χ4n) is 2.56. The number of aromatic nitrogens is 3. The Morgan fingerprint density at radius 1 is 1.38 bits per heavy atom. The number of carbonyl (C=O) groups excluding carboxylic acids is 1. The van der Waals surface area contributed by atoms with Crippen molar-refractivity contribution in [3.63, 3.8) is 0 Å². The normalized spacial score (nSPS) is 15.2. The van der Waals surface area contributed by atoms with Crippen LogP contribution in [0.3, 0.4) is 0 Å². The first kappa shape index (κ1) is 14.6. The SMILES string of the molecule is Cc1[nH]nc2ncc(NC(=O)C3(Oc4ccccc4F)CC3)cc12. The van der Waals surface area contributed by atoms with E-state index < -0.39 is 11.4 Å². The predicted octanol–water partition coefficient (Wildman–Crippen LogP) is 2.96. The number of ether oxygens (including phenoxy) is 1. The van der Waals surface area contributed by atoms with E-state index in [9.17, 15) is 9.18 Å². The smallest absolute Gasteiger partial charge is 0.268 e. The van der Waals surface area contributed by atoms with Gasteiger partial charge in [-0.25, -0.2) is 9.37 Å². The van der Waals surface area contributed by atoms with Gasteiger partial charge in [-0.05, 0) is 25.1 Å². The number of aromatic amines is 1. The van der Waals surface area contributed by atoms with Crippen molar-refractivity contribution in [2.24, 2.45) is 0 Å². The summed E-state index contributed by atoms with van der Waals surface area (Å²) in [6.07, 6.45) is 2.64. The van der Waals surface area contributed by atoms with Gasteiger partial charge in [-0.3, -0.25) is 9.89 Å². The number of benzene rings is 1. The van der Waals surface area contributed by atoms with Crippen LogP contribution in [-0.4, -0.2) is 26.7 Å². The summed E-state index contributed by atoms with van der Waals surface area (Å²) in [6.45, 7) is 1.88. The number of carbonyl (C=O) groups is 1. The van der Waals surface area contributed by atoms with Crippen LogP contribution in [0.2, 0.25) is 0 Å². The lowest BCUT2D eigenvalue weighted by atomic mass is 10.2. The quantitative estimate of drug-likeness (QED) is 0.772. The van der Waals surface area contributed by atoms with Crippen LogP contribution in [0.1, 0.15) is 18.5 Å². The Morgan fingerprint density at radius 3 is 2.92 bits per heavy atom. The van der Waals surface area contributed by atoms with Gasteiger partial charge in [-0.15, -0.1) is 0 Å². The number of aryl methyl sites for hydroxylation is 1. The number of para-hydroxylation sites is 1. The Bertz CT molecular complexity index is 933. The van der Waals surface area contributed by atoms with Gasteiger partial charge in [0.25, 0.3) is 5.91 Å². The van der Waals surface area contributed by atoms with Crippen molar-refractivity contribution in [3.8, 4) is 5.75 Å². The zero-order valence-electron chi connectivity index (χ0n) is 13.0. The fraction of sp³-hybridized carbons (Fsp3) is 0.235. The van der Waals surface area contributed by atoms with Crippen molar-refractivity contribution in [2.45, 2.75) is 25.4 Å². The number of fused-ring (bicyclic) bond motifs is 1. The number of rotatable bonds is 4. The molecule has 0 radical (unpaired) electrons. The third kappa shape index (κ3) is 2.47. The Labute approximate surface area is 137 Å². The number of hydrogen-bond acceptors (Lipinski definition) is 4. The molecule has 0 unspecified atom stereocenters. The largest absolute Gasteiger partial charge is 0.474 e. The van der Waals surface area contributed by atoms with Crippen LogP contribution in [0.25, 0.3) is 11.0 Å². The van der Waals surface area contributed by atoms with E-state index in [0.29, 0.717) is 24.2 Å². The highest BCUT2D eigenvalue weighted by Gasteiger charge is 2.53. The van der Waals surface area contributed by atoms with Gasteiger partial charge in [0.05, 0.1) is 11.9 Å². The van der Waals surface area contributed by atoms with Crippen molar-refractivity contribution < 1.29 is 13.9 Å². The minimum absolute atomic E-state index is 0.0874. The molecule has 0 aliphatic heterocycles. The highest BCUT2D eigenvalue weighted by Crippen LogP contribution is 2.42. The Kier molecular flexibility index (Phi) is 3.23. The highest BCUT2D eigenvalue weighted by atomic mass is 19.1. The summed E-state index contributed by atoms with van der Waals surface area (Å²) in [4.78, 5) is 16.8. The second-order valence-electron chi connectivity index (χ2n) is 5.92. The molecule has 0 saturated heterocycles. The number of pyridine rings is 1. The Balaban J connectivity index is 1.54. The van der Waals surface area contributed by atoms with Crippen LogP contribution in [0.4, 0.5) is 10.1 Å². The van der Waals surface area contributed by atoms with Gasteiger partial charge in [-0.2, -0.15) is 5.10 Å². The van der Waals surface area contributed by atoms with E-state index in [4.69, 9.17) is 4.74 Å². The van der Waals surface area contributed by atoms with Crippen molar-refractivity contribution in [1.82, 2.24) is 15.2 Å². The molecule has 0 spiro atoms. The van der Waals surface area contributed by atoms with Crippen molar-refractivity contribution in [2.75, 3.05) is 5.32 Å². The van der Waals surface area contributed by atoms with Crippen LogP contribution in [0, 0.1) is 12.7 Å². The van der Waals surface area contributed by atoms with Gasteiger partial charge < -0.3 is 10.1 Å². The van der Waals surface area contributed by atoms with Crippen LogP contribution < -0.4 is 10.1 Å². The number of nitrogens with one attached hydrogen (secondary N) is 2. The monoisotopic (exact) mass is 326 g/mol. The molecule has 2 aromatic heterocycles. The van der Waals surface area contributed by atoms with E-state index in [2.05, 4.69) is 20.5 Å². The van der Waals surface area contributed by atoms with E-state index >= 15 is 0 Å². The molecular formula is C17H15FN4O2. The molecule has 122 valence electrons. The van der Waals surface area contributed by atoms with E-state index in [1.807, 2.05) is 6.92 Å². The lowest BCUT2D eigenvalue weighted by Gasteiger charge is -2.18. The third-order valence-electron chi connectivity index (χ3n) is 4.12. The molecule has 0 atom stereocenters. The zero-order chi connectivity index (χ0) is 16.7. The summed E-state index contributed by atoms with van der Waals surface area (Å²) in [5.41, 5.74) is 1.01. The average Bonchev–Trinajstić information content (AvgIpc) is 3.28. The Morgan fingerprint density at radius 2 is 2.17 bits per heavy atom. The van der Waals surface area contributed by atoms with Crippen LogP contribution >= 0.6 is 0 Å². The number of H-pyrrole nitrogens is 1. The maximum atomic E-state index is 13.7. The molecule has 7 heteroatoms. The first-order valence-corrected chi connectivity index (χ1v) is 7.63.